The number of benzene rings is 1. The summed E-state index contributed by atoms with van der Waals surface area (Å²) in [5, 5.41) is 13.9. The topological polar surface area (TPSA) is 41.5 Å². The summed E-state index contributed by atoms with van der Waals surface area (Å²) in [5.41, 5.74) is 0.975. The van der Waals surface area contributed by atoms with Gasteiger partial charge in [0.05, 0.1) is 0 Å². The minimum Gasteiger partial charge on any atom is -0.491 e. The Balaban J connectivity index is 2.25. The van der Waals surface area contributed by atoms with Crippen LogP contribution in [0.1, 0.15) is 26.3 Å². The summed E-state index contributed by atoms with van der Waals surface area (Å²) in [6.45, 7) is 10.3. The van der Waals surface area contributed by atoms with Gasteiger partial charge < -0.3 is 15.2 Å². The molecule has 3 nitrogen and oxygen atoms in total. The van der Waals surface area contributed by atoms with Crippen molar-refractivity contribution >= 4 is 11.6 Å². The Morgan fingerprint density at radius 3 is 2.55 bits per heavy atom. The van der Waals surface area contributed by atoms with Crippen LogP contribution in [0.25, 0.3) is 0 Å². The lowest BCUT2D eigenvalue weighted by Gasteiger charge is -2.18. The molecule has 0 aliphatic carbocycles. The molecule has 1 aromatic carbocycles. The molecular formula is C16H26ClNO2. The third-order valence-corrected chi connectivity index (χ3v) is 3.98. The fourth-order valence-corrected chi connectivity index (χ4v) is 1.79. The van der Waals surface area contributed by atoms with E-state index in [1.807, 2.05) is 19.1 Å². The molecule has 20 heavy (non-hydrogen) atoms. The molecule has 2 N–H and O–H groups in total. The zero-order valence-electron chi connectivity index (χ0n) is 12.8. The first-order chi connectivity index (χ1) is 9.40. The van der Waals surface area contributed by atoms with Crippen LogP contribution in [0.2, 0.25) is 5.02 Å². The number of aliphatic hydroxyl groups excluding tert-OH is 1. The van der Waals surface area contributed by atoms with Crippen LogP contribution in [0.15, 0.2) is 18.2 Å². The largest absolute Gasteiger partial charge is 0.491 e. The number of ether oxygens (including phenoxy) is 1. The smallest absolute Gasteiger partial charge is 0.119 e. The Kier molecular flexibility index (Phi) is 7.35. The molecule has 4 heteroatoms. The zero-order chi connectivity index (χ0) is 15.1. The van der Waals surface area contributed by atoms with Gasteiger partial charge in [-0.15, -0.1) is 0 Å². The van der Waals surface area contributed by atoms with Crippen LogP contribution in [0.4, 0.5) is 0 Å². The lowest BCUT2D eigenvalue weighted by molar-refractivity contribution is 0.105. The summed E-state index contributed by atoms with van der Waals surface area (Å²) >= 11 is 5.95. The van der Waals surface area contributed by atoms with E-state index in [0.29, 0.717) is 18.4 Å². The third kappa shape index (κ3) is 6.12. The molecule has 0 amide bonds. The van der Waals surface area contributed by atoms with Gasteiger partial charge in [-0.25, -0.2) is 0 Å². The summed E-state index contributed by atoms with van der Waals surface area (Å²) in [6.07, 6.45) is -0.509. The van der Waals surface area contributed by atoms with Crippen molar-refractivity contribution in [3.63, 3.8) is 0 Å². The zero-order valence-corrected chi connectivity index (χ0v) is 13.6. The highest BCUT2D eigenvalue weighted by Crippen LogP contribution is 2.21. The molecule has 2 atom stereocenters. The highest BCUT2D eigenvalue weighted by Gasteiger charge is 2.09. The first-order valence-corrected chi connectivity index (χ1v) is 7.55. The molecule has 0 spiro atoms. The molecule has 0 radical (unpaired) electrons. The lowest BCUT2D eigenvalue weighted by Crippen LogP contribution is -2.34. The van der Waals surface area contributed by atoms with Crippen molar-refractivity contribution in [3.05, 3.63) is 28.8 Å². The van der Waals surface area contributed by atoms with Gasteiger partial charge in [-0.2, -0.15) is 0 Å². The molecule has 0 bridgehead atoms. The standard InChI is InChI=1S/C16H26ClNO2/c1-11(2)13(4)8-18-9-14(19)10-20-15-5-6-16(17)12(3)7-15/h5-7,11,13-14,18-19H,8-10H2,1-4H3. The number of rotatable bonds is 8. The van der Waals surface area contributed by atoms with E-state index in [1.165, 1.54) is 0 Å². The molecule has 0 saturated heterocycles. The van der Waals surface area contributed by atoms with E-state index in [0.717, 1.165) is 22.9 Å². The van der Waals surface area contributed by atoms with Crippen molar-refractivity contribution in [3.8, 4) is 5.75 Å². The van der Waals surface area contributed by atoms with Crippen LogP contribution >= 0.6 is 11.6 Å². The maximum Gasteiger partial charge on any atom is 0.119 e. The van der Waals surface area contributed by atoms with Gasteiger partial charge in [0.15, 0.2) is 0 Å². The number of aliphatic hydroxyl groups is 1. The summed E-state index contributed by atoms with van der Waals surface area (Å²) < 4.78 is 5.56. The SMILES string of the molecule is Cc1cc(OCC(O)CNCC(C)C(C)C)ccc1Cl. The van der Waals surface area contributed by atoms with Crippen molar-refractivity contribution in [2.75, 3.05) is 19.7 Å². The van der Waals surface area contributed by atoms with Crippen molar-refractivity contribution in [1.29, 1.82) is 0 Å². The van der Waals surface area contributed by atoms with E-state index in [1.54, 1.807) is 6.07 Å². The van der Waals surface area contributed by atoms with E-state index in [-0.39, 0.29) is 6.61 Å². The first kappa shape index (κ1) is 17.3. The normalized spacial score (nSPS) is 14.3. The van der Waals surface area contributed by atoms with Gasteiger partial charge in [0, 0.05) is 11.6 Å². The predicted molar refractivity (Wildman–Crippen MR) is 84.6 cm³/mol. The molecule has 1 rings (SSSR count). The van der Waals surface area contributed by atoms with Crippen molar-refractivity contribution in [1.82, 2.24) is 5.32 Å². The van der Waals surface area contributed by atoms with E-state index < -0.39 is 6.10 Å². The maximum absolute atomic E-state index is 9.87. The number of aryl methyl sites for hydroxylation is 1. The van der Waals surface area contributed by atoms with Crippen LogP contribution in [0.3, 0.4) is 0 Å². The predicted octanol–water partition coefficient (Wildman–Crippen LogP) is 3.27. The van der Waals surface area contributed by atoms with Crippen LogP contribution < -0.4 is 10.1 Å². The highest BCUT2D eigenvalue weighted by molar-refractivity contribution is 6.31. The van der Waals surface area contributed by atoms with Gasteiger partial charge in [0.2, 0.25) is 0 Å². The minimum atomic E-state index is -0.509. The van der Waals surface area contributed by atoms with E-state index >= 15 is 0 Å². The van der Waals surface area contributed by atoms with E-state index in [4.69, 9.17) is 16.3 Å². The average Bonchev–Trinajstić information content (AvgIpc) is 2.40. The Labute approximate surface area is 127 Å². The van der Waals surface area contributed by atoms with E-state index in [9.17, 15) is 5.11 Å². The van der Waals surface area contributed by atoms with Gasteiger partial charge in [0.1, 0.15) is 18.5 Å². The third-order valence-electron chi connectivity index (χ3n) is 3.56. The Bertz CT molecular complexity index is 409. The molecule has 0 fully saturated rings. The second kappa shape index (κ2) is 8.50. The van der Waals surface area contributed by atoms with Gasteiger partial charge in [0.25, 0.3) is 0 Å². The van der Waals surface area contributed by atoms with Crippen LogP contribution in [-0.2, 0) is 0 Å². The Morgan fingerprint density at radius 2 is 1.95 bits per heavy atom. The monoisotopic (exact) mass is 299 g/mol. The van der Waals surface area contributed by atoms with Crippen molar-refractivity contribution < 1.29 is 9.84 Å². The maximum atomic E-state index is 9.87. The summed E-state index contributed by atoms with van der Waals surface area (Å²) in [6, 6.07) is 5.50. The highest BCUT2D eigenvalue weighted by atomic mass is 35.5. The van der Waals surface area contributed by atoms with Gasteiger partial charge >= 0.3 is 0 Å². The van der Waals surface area contributed by atoms with Crippen LogP contribution in [0.5, 0.6) is 5.75 Å². The van der Waals surface area contributed by atoms with Gasteiger partial charge in [-0.05, 0) is 49.1 Å². The van der Waals surface area contributed by atoms with Crippen LogP contribution in [0, 0.1) is 18.8 Å². The number of nitrogens with one attached hydrogen (secondary N) is 1. The summed E-state index contributed by atoms with van der Waals surface area (Å²) in [7, 11) is 0. The first-order valence-electron chi connectivity index (χ1n) is 7.18. The number of hydrogen-bond acceptors (Lipinski definition) is 3. The molecule has 0 aliphatic rings. The van der Waals surface area contributed by atoms with Crippen molar-refractivity contribution in [2.24, 2.45) is 11.8 Å². The summed E-state index contributed by atoms with van der Waals surface area (Å²) in [4.78, 5) is 0. The molecule has 2 unspecified atom stereocenters. The number of hydrogen-bond donors (Lipinski definition) is 2. The fourth-order valence-electron chi connectivity index (χ4n) is 1.67. The molecule has 0 saturated carbocycles. The lowest BCUT2D eigenvalue weighted by atomic mass is 9.98. The fraction of sp³-hybridized carbons (Fsp3) is 0.625. The van der Waals surface area contributed by atoms with Gasteiger partial charge in [-0.3, -0.25) is 0 Å². The Hall–Kier alpha value is -0.770. The van der Waals surface area contributed by atoms with Crippen molar-refractivity contribution in [2.45, 2.75) is 33.8 Å². The second-order valence-corrected chi connectivity index (χ2v) is 6.16. The van der Waals surface area contributed by atoms with E-state index in [2.05, 4.69) is 26.1 Å². The average molecular weight is 300 g/mol. The second-order valence-electron chi connectivity index (χ2n) is 5.76. The molecule has 1 aromatic rings. The Morgan fingerprint density at radius 1 is 1.25 bits per heavy atom. The molecule has 0 heterocycles. The van der Waals surface area contributed by atoms with Gasteiger partial charge in [-0.1, -0.05) is 32.4 Å². The minimum absolute atomic E-state index is 0.282. The summed E-state index contributed by atoms with van der Waals surface area (Å²) in [5.74, 6) is 1.98. The molecule has 114 valence electrons. The number of halogens is 1. The molecule has 0 aliphatic heterocycles. The molecular weight excluding hydrogens is 274 g/mol. The van der Waals surface area contributed by atoms with Crippen LogP contribution in [-0.4, -0.2) is 30.9 Å². The molecule has 0 aromatic heterocycles. The quantitative estimate of drug-likeness (QED) is 0.774.